The van der Waals surface area contributed by atoms with Crippen LogP contribution in [0.4, 0.5) is 0 Å². The van der Waals surface area contributed by atoms with Gasteiger partial charge < -0.3 is 20.3 Å². The monoisotopic (exact) mass is 502 g/mol. The van der Waals surface area contributed by atoms with E-state index in [-0.39, 0.29) is 41.8 Å². The van der Waals surface area contributed by atoms with Gasteiger partial charge in [-0.05, 0) is 38.8 Å². The molecule has 156 valence electrons. The Labute approximate surface area is 184 Å². The summed E-state index contributed by atoms with van der Waals surface area (Å²) in [5, 5.41) is 6.16. The number of carbonyl (C=O) groups excluding carboxylic acids is 2. The van der Waals surface area contributed by atoms with Gasteiger partial charge in [-0.3, -0.25) is 14.6 Å². The smallest absolute Gasteiger partial charge is 0.310 e. The highest BCUT2D eigenvalue weighted by Crippen LogP contribution is 2.18. The number of aryl methyl sites for hydroxylation is 1. The molecule has 28 heavy (non-hydrogen) atoms. The summed E-state index contributed by atoms with van der Waals surface area (Å²) < 4.78 is 5.14. The average molecular weight is 502 g/mol. The molecular formula is C20H31IN4O3. The van der Waals surface area contributed by atoms with Gasteiger partial charge in [0.1, 0.15) is 0 Å². The molecule has 2 N–H and O–H groups in total. The van der Waals surface area contributed by atoms with Crippen molar-refractivity contribution in [2.24, 2.45) is 10.9 Å². The molecule has 1 saturated heterocycles. The van der Waals surface area contributed by atoms with E-state index in [1.54, 1.807) is 13.1 Å². The summed E-state index contributed by atoms with van der Waals surface area (Å²) in [7, 11) is 1.72. The molecule has 0 aromatic heterocycles. The molecule has 0 unspecified atom stereocenters. The molecule has 1 fully saturated rings. The quantitative estimate of drug-likeness (QED) is 0.205. The van der Waals surface area contributed by atoms with Crippen LogP contribution in [0.15, 0.2) is 29.3 Å². The number of rotatable bonds is 6. The number of esters is 1. The zero-order valence-corrected chi connectivity index (χ0v) is 19.2. The number of hydrogen-bond acceptors (Lipinski definition) is 4. The van der Waals surface area contributed by atoms with Crippen molar-refractivity contribution in [1.29, 1.82) is 0 Å². The molecule has 1 atom stereocenters. The van der Waals surface area contributed by atoms with E-state index in [9.17, 15) is 9.59 Å². The summed E-state index contributed by atoms with van der Waals surface area (Å²) >= 11 is 0. The second kappa shape index (κ2) is 12.6. The number of guanidine groups is 1. The largest absolute Gasteiger partial charge is 0.466 e. The Bertz CT molecular complexity index is 681. The third kappa shape index (κ3) is 7.29. The van der Waals surface area contributed by atoms with E-state index in [1.165, 1.54) is 0 Å². The van der Waals surface area contributed by atoms with Crippen LogP contribution in [0.3, 0.4) is 0 Å². The maximum absolute atomic E-state index is 12.2. The molecule has 1 aliphatic heterocycles. The first-order chi connectivity index (χ1) is 13.0. The van der Waals surface area contributed by atoms with Gasteiger partial charge >= 0.3 is 5.97 Å². The number of piperidine rings is 1. The Morgan fingerprint density at radius 1 is 1.29 bits per heavy atom. The van der Waals surface area contributed by atoms with Gasteiger partial charge in [-0.15, -0.1) is 24.0 Å². The molecule has 0 radical (unpaired) electrons. The van der Waals surface area contributed by atoms with E-state index in [0.29, 0.717) is 31.8 Å². The number of nitrogens with zero attached hydrogens (tertiary/aromatic N) is 2. The molecule has 0 saturated carbocycles. The van der Waals surface area contributed by atoms with Gasteiger partial charge in [0.05, 0.1) is 12.5 Å². The molecule has 0 spiro atoms. The van der Waals surface area contributed by atoms with E-state index >= 15 is 0 Å². The van der Waals surface area contributed by atoms with Crippen molar-refractivity contribution in [3.63, 3.8) is 0 Å². The number of hydrogen-bond donors (Lipinski definition) is 2. The van der Waals surface area contributed by atoms with Crippen molar-refractivity contribution in [3.8, 4) is 0 Å². The number of aliphatic imine (C=N–C) groups is 1. The van der Waals surface area contributed by atoms with E-state index < -0.39 is 0 Å². The number of nitrogens with one attached hydrogen (secondary N) is 2. The Morgan fingerprint density at radius 3 is 2.71 bits per heavy atom. The van der Waals surface area contributed by atoms with Crippen LogP contribution in [-0.2, 0) is 9.53 Å². The van der Waals surface area contributed by atoms with E-state index in [2.05, 4.69) is 20.5 Å². The van der Waals surface area contributed by atoms with Crippen molar-refractivity contribution in [2.45, 2.75) is 26.7 Å². The molecule has 8 heteroatoms. The van der Waals surface area contributed by atoms with Crippen molar-refractivity contribution < 1.29 is 14.3 Å². The Hall–Kier alpha value is -1.84. The maximum atomic E-state index is 12.2. The highest BCUT2D eigenvalue weighted by molar-refractivity contribution is 14.0. The number of amides is 1. The summed E-state index contributed by atoms with van der Waals surface area (Å²) in [4.78, 5) is 30.5. The van der Waals surface area contributed by atoms with Crippen LogP contribution < -0.4 is 10.6 Å². The Balaban J connectivity index is 0.00000392. The number of ether oxygens (including phenoxy) is 1. The van der Waals surface area contributed by atoms with Gasteiger partial charge in [0.25, 0.3) is 5.91 Å². The molecule has 0 bridgehead atoms. The lowest BCUT2D eigenvalue weighted by atomic mass is 9.98. The molecule has 1 heterocycles. The number of likely N-dealkylation sites (tertiary alicyclic amines) is 1. The van der Waals surface area contributed by atoms with Crippen molar-refractivity contribution in [3.05, 3.63) is 35.4 Å². The lowest BCUT2D eigenvalue weighted by molar-refractivity contribution is -0.149. The van der Waals surface area contributed by atoms with Crippen LogP contribution >= 0.6 is 24.0 Å². The lowest BCUT2D eigenvalue weighted by Gasteiger charge is -2.33. The standard InChI is InChI=1S/C20H30N4O3.HI/c1-4-27-19(26)17-9-6-12-24(14-17)20(21-3)23-11-10-22-18(25)16-8-5-7-15(2)13-16;/h5,7-8,13,17H,4,6,9-12,14H2,1-3H3,(H,21,23)(H,22,25);1H/t17-;/m1./s1. The van der Waals surface area contributed by atoms with Crippen molar-refractivity contribution in [2.75, 3.05) is 39.8 Å². The molecule has 0 aliphatic carbocycles. The first-order valence-corrected chi connectivity index (χ1v) is 9.52. The minimum absolute atomic E-state index is 0. The fraction of sp³-hybridized carbons (Fsp3) is 0.550. The van der Waals surface area contributed by atoms with E-state index in [1.807, 2.05) is 32.0 Å². The van der Waals surface area contributed by atoms with Crippen LogP contribution in [0, 0.1) is 12.8 Å². The average Bonchev–Trinajstić information content (AvgIpc) is 2.68. The lowest BCUT2D eigenvalue weighted by Crippen LogP contribution is -2.49. The predicted octanol–water partition coefficient (Wildman–Crippen LogP) is 2.19. The first-order valence-electron chi connectivity index (χ1n) is 9.52. The van der Waals surface area contributed by atoms with Gasteiger partial charge in [-0.2, -0.15) is 0 Å². The zero-order valence-electron chi connectivity index (χ0n) is 16.9. The maximum Gasteiger partial charge on any atom is 0.310 e. The highest BCUT2D eigenvalue weighted by atomic mass is 127. The van der Waals surface area contributed by atoms with Crippen LogP contribution in [0.2, 0.25) is 0 Å². The Morgan fingerprint density at radius 2 is 2.04 bits per heavy atom. The predicted molar refractivity (Wildman–Crippen MR) is 121 cm³/mol. The summed E-state index contributed by atoms with van der Waals surface area (Å²) in [5.41, 5.74) is 1.72. The molecule has 1 amide bonds. The van der Waals surface area contributed by atoms with Crippen LogP contribution in [0.25, 0.3) is 0 Å². The minimum atomic E-state index is -0.136. The van der Waals surface area contributed by atoms with Gasteiger partial charge in [0, 0.05) is 38.8 Å². The molecule has 7 nitrogen and oxygen atoms in total. The molecule has 2 rings (SSSR count). The van der Waals surface area contributed by atoms with Crippen LogP contribution in [-0.4, -0.2) is 62.6 Å². The van der Waals surface area contributed by atoms with Gasteiger partial charge in [-0.25, -0.2) is 0 Å². The topological polar surface area (TPSA) is 83.0 Å². The summed E-state index contributed by atoms with van der Waals surface area (Å²) in [6.45, 7) is 6.70. The Kier molecular flexibility index (Phi) is 10.9. The van der Waals surface area contributed by atoms with Gasteiger partial charge in [0.15, 0.2) is 5.96 Å². The zero-order chi connectivity index (χ0) is 19.6. The van der Waals surface area contributed by atoms with Crippen molar-refractivity contribution in [1.82, 2.24) is 15.5 Å². The third-order valence-electron chi connectivity index (χ3n) is 4.53. The van der Waals surface area contributed by atoms with Crippen LogP contribution in [0.5, 0.6) is 0 Å². The van der Waals surface area contributed by atoms with E-state index in [0.717, 1.165) is 30.9 Å². The third-order valence-corrected chi connectivity index (χ3v) is 4.53. The van der Waals surface area contributed by atoms with Crippen LogP contribution in [0.1, 0.15) is 35.7 Å². The molecular weight excluding hydrogens is 471 g/mol. The molecule has 1 aliphatic rings. The second-order valence-electron chi connectivity index (χ2n) is 6.64. The summed E-state index contributed by atoms with van der Waals surface area (Å²) in [6.07, 6.45) is 1.77. The number of benzene rings is 1. The summed E-state index contributed by atoms with van der Waals surface area (Å²) in [5.74, 6) is 0.408. The highest BCUT2D eigenvalue weighted by Gasteiger charge is 2.28. The van der Waals surface area contributed by atoms with E-state index in [4.69, 9.17) is 4.74 Å². The fourth-order valence-corrected chi connectivity index (χ4v) is 3.19. The van der Waals surface area contributed by atoms with Crippen molar-refractivity contribution >= 4 is 41.8 Å². The summed E-state index contributed by atoms with van der Waals surface area (Å²) in [6, 6.07) is 7.51. The normalized spacial score (nSPS) is 16.8. The van der Waals surface area contributed by atoms with Gasteiger partial charge in [-0.1, -0.05) is 17.7 Å². The first kappa shape index (κ1) is 24.2. The van der Waals surface area contributed by atoms with Gasteiger partial charge in [0.2, 0.25) is 0 Å². The fourth-order valence-electron chi connectivity index (χ4n) is 3.19. The molecule has 1 aromatic rings. The number of halogens is 1. The SMILES string of the molecule is CCOC(=O)[C@@H]1CCCN(C(=NC)NCCNC(=O)c2cccc(C)c2)C1.I. The molecule has 1 aromatic carbocycles. The second-order valence-corrected chi connectivity index (χ2v) is 6.64. The minimum Gasteiger partial charge on any atom is -0.466 e. The number of carbonyl (C=O) groups is 2.